The van der Waals surface area contributed by atoms with Gasteiger partial charge in [-0.1, -0.05) is 25.5 Å². The minimum Gasteiger partial charge on any atom is -0.493 e. The molecule has 6 heteroatoms. The van der Waals surface area contributed by atoms with Crippen LogP contribution >= 0.6 is 0 Å². The van der Waals surface area contributed by atoms with Crippen molar-refractivity contribution in [3.8, 4) is 11.5 Å². The molecule has 2 aromatic rings. The largest absolute Gasteiger partial charge is 0.493 e. The van der Waals surface area contributed by atoms with Crippen molar-refractivity contribution in [2.45, 2.75) is 32.6 Å². The number of aliphatic carboxylic acids is 1. The molecule has 27 heavy (non-hydrogen) atoms. The number of rotatable bonds is 10. The number of hydrogen-bond acceptors (Lipinski definition) is 4. The second-order valence-corrected chi connectivity index (χ2v) is 6.11. The van der Waals surface area contributed by atoms with Gasteiger partial charge in [-0.2, -0.15) is 0 Å². The first-order valence-corrected chi connectivity index (χ1v) is 8.96. The number of hydrogen-bond donors (Lipinski definition) is 2. The van der Waals surface area contributed by atoms with E-state index in [9.17, 15) is 9.59 Å². The van der Waals surface area contributed by atoms with E-state index in [0.717, 1.165) is 18.4 Å². The van der Waals surface area contributed by atoms with Crippen molar-refractivity contribution >= 4 is 17.6 Å². The van der Waals surface area contributed by atoms with E-state index in [1.807, 2.05) is 12.1 Å². The summed E-state index contributed by atoms with van der Waals surface area (Å²) in [5.41, 5.74) is 2.01. The number of carboxylic acid groups (broad SMARTS) is 1. The molecule has 0 saturated heterocycles. The molecule has 0 aliphatic heterocycles. The van der Waals surface area contributed by atoms with Crippen LogP contribution in [0.4, 0.5) is 5.69 Å². The van der Waals surface area contributed by atoms with E-state index >= 15 is 0 Å². The monoisotopic (exact) mass is 371 g/mol. The van der Waals surface area contributed by atoms with Gasteiger partial charge in [-0.3, -0.25) is 9.59 Å². The third-order valence-electron chi connectivity index (χ3n) is 4.02. The van der Waals surface area contributed by atoms with Crippen molar-refractivity contribution in [3.63, 3.8) is 0 Å². The van der Waals surface area contributed by atoms with Crippen molar-refractivity contribution in [2.75, 3.05) is 19.0 Å². The number of amides is 1. The lowest BCUT2D eigenvalue weighted by molar-refractivity contribution is -0.136. The van der Waals surface area contributed by atoms with E-state index in [1.165, 1.54) is 0 Å². The fraction of sp³-hybridized carbons (Fsp3) is 0.333. The number of aryl methyl sites for hydroxylation is 1. The highest BCUT2D eigenvalue weighted by Gasteiger charge is 2.12. The Kier molecular flexibility index (Phi) is 7.67. The second kappa shape index (κ2) is 10.2. The lowest BCUT2D eigenvalue weighted by atomic mass is 10.1. The van der Waals surface area contributed by atoms with Gasteiger partial charge in [0.2, 0.25) is 0 Å². The maximum Gasteiger partial charge on any atom is 0.303 e. The van der Waals surface area contributed by atoms with Crippen LogP contribution < -0.4 is 14.8 Å². The van der Waals surface area contributed by atoms with E-state index < -0.39 is 5.97 Å². The number of benzene rings is 2. The molecule has 0 radical (unpaired) electrons. The molecule has 0 atom stereocenters. The average Bonchev–Trinajstić information content (AvgIpc) is 2.67. The van der Waals surface area contributed by atoms with Crippen molar-refractivity contribution in [3.05, 3.63) is 53.6 Å². The van der Waals surface area contributed by atoms with Gasteiger partial charge in [-0.25, -0.2) is 0 Å². The summed E-state index contributed by atoms with van der Waals surface area (Å²) in [5.74, 6) is 0.0446. The zero-order valence-corrected chi connectivity index (χ0v) is 15.7. The van der Waals surface area contributed by atoms with E-state index in [1.54, 1.807) is 37.4 Å². The number of carboxylic acids is 1. The number of anilines is 1. The summed E-state index contributed by atoms with van der Waals surface area (Å²) in [5, 5.41) is 11.5. The third kappa shape index (κ3) is 6.33. The van der Waals surface area contributed by atoms with Crippen LogP contribution in [0, 0.1) is 0 Å². The quantitative estimate of drug-likeness (QED) is 0.613. The summed E-state index contributed by atoms with van der Waals surface area (Å²) in [4.78, 5) is 23.1. The van der Waals surface area contributed by atoms with Crippen molar-refractivity contribution in [2.24, 2.45) is 0 Å². The predicted octanol–water partition coefficient (Wildman–Crippen LogP) is 4.14. The molecule has 6 nitrogen and oxygen atoms in total. The Balaban J connectivity index is 2.01. The van der Waals surface area contributed by atoms with Crippen LogP contribution in [0.1, 0.15) is 42.1 Å². The van der Waals surface area contributed by atoms with E-state index in [2.05, 4.69) is 12.2 Å². The molecule has 2 rings (SSSR count). The summed E-state index contributed by atoms with van der Waals surface area (Å²) in [6, 6.07) is 12.2. The van der Waals surface area contributed by atoms with Gasteiger partial charge in [-0.15, -0.1) is 0 Å². The molecule has 0 bridgehead atoms. The number of ether oxygens (including phenoxy) is 2. The summed E-state index contributed by atoms with van der Waals surface area (Å²) >= 11 is 0. The van der Waals surface area contributed by atoms with Crippen LogP contribution in [0.5, 0.6) is 11.5 Å². The smallest absolute Gasteiger partial charge is 0.303 e. The molecular formula is C21H25NO5. The van der Waals surface area contributed by atoms with E-state index in [0.29, 0.717) is 35.8 Å². The minimum absolute atomic E-state index is 0.0815. The standard InChI is InChI=1S/C21H25NO5/c1-3-4-13-27-18-11-8-16(14-19(18)26-2)21(25)22-17-9-5-15(6-10-17)7-12-20(23)24/h5-6,8-11,14H,3-4,7,12-13H2,1-2H3,(H,22,25)(H,23,24). The molecule has 1 amide bonds. The SMILES string of the molecule is CCCCOc1ccc(C(=O)Nc2ccc(CCC(=O)O)cc2)cc1OC. The fourth-order valence-corrected chi connectivity index (χ4v) is 2.46. The van der Waals surface area contributed by atoms with Gasteiger partial charge in [0.25, 0.3) is 5.91 Å². The second-order valence-electron chi connectivity index (χ2n) is 6.11. The Morgan fingerprint density at radius 3 is 2.44 bits per heavy atom. The van der Waals surface area contributed by atoms with Crippen molar-refractivity contribution < 1.29 is 24.2 Å². The summed E-state index contributed by atoms with van der Waals surface area (Å²) in [6.45, 7) is 2.69. The minimum atomic E-state index is -0.830. The number of carbonyl (C=O) groups excluding carboxylic acids is 1. The number of methoxy groups -OCH3 is 1. The Bertz CT molecular complexity index is 771. The van der Waals surface area contributed by atoms with Crippen LogP contribution in [0.3, 0.4) is 0 Å². The molecule has 0 aromatic heterocycles. The van der Waals surface area contributed by atoms with Crippen LogP contribution in [0.15, 0.2) is 42.5 Å². The summed E-state index contributed by atoms with van der Waals surface area (Å²) in [7, 11) is 1.54. The summed E-state index contributed by atoms with van der Waals surface area (Å²) in [6.07, 6.45) is 2.53. The lowest BCUT2D eigenvalue weighted by Crippen LogP contribution is -2.12. The highest BCUT2D eigenvalue weighted by Crippen LogP contribution is 2.28. The van der Waals surface area contributed by atoms with Crippen LogP contribution in [0.25, 0.3) is 0 Å². The lowest BCUT2D eigenvalue weighted by Gasteiger charge is -2.12. The Morgan fingerprint density at radius 2 is 1.81 bits per heavy atom. The van der Waals surface area contributed by atoms with Crippen LogP contribution in [0.2, 0.25) is 0 Å². The first-order valence-electron chi connectivity index (χ1n) is 8.96. The molecule has 0 heterocycles. The van der Waals surface area contributed by atoms with Crippen LogP contribution in [-0.2, 0) is 11.2 Å². The highest BCUT2D eigenvalue weighted by atomic mass is 16.5. The Hall–Kier alpha value is -3.02. The van der Waals surface area contributed by atoms with Crippen molar-refractivity contribution in [1.29, 1.82) is 0 Å². The molecule has 0 spiro atoms. The fourth-order valence-electron chi connectivity index (χ4n) is 2.46. The average molecular weight is 371 g/mol. The number of unbranched alkanes of at least 4 members (excludes halogenated alkanes) is 1. The molecule has 2 aromatic carbocycles. The zero-order chi connectivity index (χ0) is 19.6. The van der Waals surface area contributed by atoms with E-state index in [-0.39, 0.29) is 12.3 Å². The number of nitrogens with one attached hydrogen (secondary N) is 1. The Morgan fingerprint density at radius 1 is 1.07 bits per heavy atom. The Labute approximate surface area is 159 Å². The van der Waals surface area contributed by atoms with Crippen molar-refractivity contribution in [1.82, 2.24) is 0 Å². The maximum atomic E-state index is 12.5. The van der Waals surface area contributed by atoms with Gasteiger partial charge in [0, 0.05) is 17.7 Å². The molecule has 0 aliphatic carbocycles. The predicted molar refractivity (Wildman–Crippen MR) is 104 cm³/mol. The van der Waals surface area contributed by atoms with Gasteiger partial charge in [0.05, 0.1) is 13.7 Å². The molecule has 144 valence electrons. The topological polar surface area (TPSA) is 84.9 Å². The molecule has 0 saturated carbocycles. The molecule has 0 unspecified atom stereocenters. The highest BCUT2D eigenvalue weighted by molar-refractivity contribution is 6.04. The van der Waals surface area contributed by atoms with Gasteiger partial charge in [-0.05, 0) is 48.7 Å². The van der Waals surface area contributed by atoms with Gasteiger partial charge in [0.1, 0.15) is 0 Å². The maximum absolute atomic E-state index is 12.5. The van der Waals surface area contributed by atoms with Gasteiger partial charge >= 0.3 is 5.97 Å². The summed E-state index contributed by atoms with van der Waals surface area (Å²) < 4.78 is 11.0. The third-order valence-corrected chi connectivity index (χ3v) is 4.02. The first-order chi connectivity index (χ1) is 13.0. The van der Waals surface area contributed by atoms with E-state index in [4.69, 9.17) is 14.6 Å². The first kappa shape index (κ1) is 20.3. The molecule has 0 fully saturated rings. The van der Waals surface area contributed by atoms with Crippen LogP contribution in [-0.4, -0.2) is 30.7 Å². The molecular weight excluding hydrogens is 346 g/mol. The van der Waals surface area contributed by atoms with Gasteiger partial charge < -0.3 is 19.9 Å². The van der Waals surface area contributed by atoms with Gasteiger partial charge in [0.15, 0.2) is 11.5 Å². The molecule has 0 aliphatic rings. The zero-order valence-electron chi connectivity index (χ0n) is 15.7. The normalized spacial score (nSPS) is 10.3. The number of carbonyl (C=O) groups is 2. The molecule has 2 N–H and O–H groups in total.